The Hall–Kier alpha value is -2.39. The van der Waals surface area contributed by atoms with Gasteiger partial charge in [-0.2, -0.15) is 5.26 Å². The molecule has 1 aliphatic heterocycles. The fourth-order valence-electron chi connectivity index (χ4n) is 2.91. The first kappa shape index (κ1) is 18.9. The molecule has 0 bridgehead atoms. The van der Waals surface area contributed by atoms with Crippen LogP contribution in [0.1, 0.15) is 33.1 Å². The van der Waals surface area contributed by atoms with Crippen LogP contribution in [0.4, 0.5) is 5.69 Å². The van der Waals surface area contributed by atoms with Gasteiger partial charge < -0.3 is 14.5 Å². The molecule has 1 saturated heterocycles. The lowest BCUT2D eigenvalue weighted by atomic mass is 10.1. The van der Waals surface area contributed by atoms with Crippen LogP contribution in [0.15, 0.2) is 30.3 Å². The van der Waals surface area contributed by atoms with Crippen molar-refractivity contribution in [3.8, 4) is 6.07 Å². The van der Waals surface area contributed by atoms with Crippen LogP contribution >= 0.6 is 0 Å². The molecule has 0 saturated carbocycles. The number of ether oxygens (including phenoxy) is 1. The minimum atomic E-state index is -0.135. The van der Waals surface area contributed by atoms with Gasteiger partial charge in [0.25, 0.3) is 0 Å². The molecule has 1 aliphatic rings. The predicted octanol–water partition coefficient (Wildman–Crippen LogP) is 2.35. The molecule has 1 aromatic carbocycles. The molecule has 0 aliphatic carbocycles. The zero-order valence-electron chi connectivity index (χ0n) is 14.9. The minimum absolute atomic E-state index is 0.0206. The summed E-state index contributed by atoms with van der Waals surface area (Å²) in [6.07, 6.45) is 0.586. The number of morpholine rings is 1. The molecular weight excluding hydrogens is 318 g/mol. The van der Waals surface area contributed by atoms with Crippen LogP contribution in [0.25, 0.3) is 0 Å². The molecule has 2 rings (SSSR count). The zero-order chi connectivity index (χ0) is 18.2. The van der Waals surface area contributed by atoms with E-state index in [1.165, 1.54) is 0 Å². The van der Waals surface area contributed by atoms with E-state index in [2.05, 4.69) is 6.07 Å². The first-order valence-electron chi connectivity index (χ1n) is 8.66. The quantitative estimate of drug-likeness (QED) is 0.795. The number of rotatable bonds is 6. The molecule has 1 heterocycles. The molecule has 1 fully saturated rings. The number of para-hydroxylation sites is 1. The number of carbonyl (C=O) groups is 2. The Bertz CT molecular complexity index is 627. The second kappa shape index (κ2) is 9.19. The molecular formula is C19H25N3O3. The van der Waals surface area contributed by atoms with Gasteiger partial charge in [-0.25, -0.2) is 0 Å². The van der Waals surface area contributed by atoms with E-state index in [9.17, 15) is 9.59 Å². The predicted molar refractivity (Wildman–Crippen MR) is 94.8 cm³/mol. The molecule has 6 heteroatoms. The van der Waals surface area contributed by atoms with Crippen molar-refractivity contribution in [3.63, 3.8) is 0 Å². The van der Waals surface area contributed by atoms with Gasteiger partial charge in [-0.15, -0.1) is 0 Å². The number of nitriles is 1. The third-order valence-corrected chi connectivity index (χ3v) is 4.30. The fourth-order valence-corrected chi connectivity index (χ4v) is 2.91. The van der Waals surface area contributed by atoms with Crippen LogP contribution in [-0.4, -0.2) is 48.6 Å². The van der Waals surface area contributed by atoms with Crippen LogP contribution in [0, 0.1) is 11.3 Å². The van der Waals surface area contributed by atoms with Gasteiger partial charge >= 0.3 is 0 Å². The Kier molecular flexibility index (Phi) is 6.96. The van der Waals surface area contributed by atoms with E-state index in [0.717, 1.165) is 5.69 Å². The number of nitrogens with zero attached hydrogens (tertiary/aromatic N) is 3. The maximum absolute atomic E-state index is 12.6. The summed E-state index contributed by atoms with van der Waals surface area (Å²) in [6, 6.07) is 11.3. The van der Waals surface area contributed by atoms with Crippen molar-refractivity contribution in [2.24, 2.45) is 0 Å². The van der Waals surface area contributed by atoms with Crippen molar-refractivity contribution in [2.45, 2.75) is 45.3 Å². The summed E-state index contributed by atoms with van der Waals surface area (Å²) < 4.78 is 5.54. The molecule has 0 radical (unpaired) electrons. The largest absolute Gasteiger partial charge is 0.375 e. The van der Waals surface area contributed by atoms with Crippen molar-refractivity contribution in [1.29, 1.82) is 5.26 Å². The van der Waals surface area contributed by atoms with Gasteiger partial charge in [0.05, 0.1) is 31.2 Å². The molecule has 0 spiro atoms. The maximum atomic E-state index is 12.6. The summed E-state index contributed by atoms with van der Waals surface area (Å²) in [6.45, 7) is 5.31. The van der Waals surface area contributed by atoms with Crippen LogP contribution in [0.5, 0.6) is 0 Å². The van der Waals surface area contributed by atoms with E-state index in [0.29, 0.717) is 19.7 Å². The van der Waals surface area contributed by atoms with E-state index < -0.39 is 0 Å². The highest BCUT2D eigenvalue weighted by Gasteiger charge is 2.28. The van der Waals surface area contributed by atoms with Crippen LogP contribution in [0.2, 0.25) is 0 Å². The first-order valence-corrected chi connectivity index (χ1v) is 8.66. The average Bonchev–Trinajstić information content (AvgIpc) is 2.63. The van der Waals surface area contributed by atoms with E-state index in [4.69, 9.17) is 10.00 Å². The summed E-state index contributed by atoms with van der Waals surface area (Å²) in [5, 5.41) is 8.83. The Morgan fingerprint density at radius 1 is 1.28 bits per heavy atom. The number of anilines is 1. The summed E-state index contributed by atoms with van der Waals surface area (Å²) in [5.41, 5.74) is 0.753. The molecule has 1 aromatic rings. The van der Waals surface area contributed by atoms with E-state index in [-0.39, 0.29) is 43.2 Å². The Labute approximate surface area is 149 Å². The zero-order valence-corrected chi connectivity index (χ0v) is 14.9. The Morgan fingerprint density at radius 2 is 2.00 bits per heavy atom. The third kappa shape index (κ3) is 5.30. The standard InChI is InChI=1S/C19H25N3O3/c1-15-14-25-16(2)13-22(15)19(24)10-9-18(23)21(12-6-11-20)17-7-4-3-5-8-17/h3-5,7-8,15-16H,6,9-10,12-14H2,1-2H3/t15-,16+/m1/s1. The molecule has 0 unspecified atom stereocenters. The smallest absolute Gasteiger partial charge is 0.227 e. The van der Waals surface area contributed by atoms with Crippen LogP contribution in [-0.2, 0) is 14.3 Å². The molecule has 25 heavy (non-hydrogen) atoms. The van der Waals surface area contributed by atoms with Crippen LogP contribution < -0.4 is 4.90 Å². The van der Waals surface area contributed by atoms with Gasteiger partial charge in [-0.3, -0.25) is 9.59 Å². The van der Waals surface area contributed by atoms with E-state index in [1.54, 1.807) is 9.80 Å². The van der Waals surface area contributed by atoms with E-state index >= 15 is 0 Å². The number of benzene rings is 1. The first-order chi connectivity index (χ1) is 12.0. The van der Waals surface area contributed by atoms with Gasteiger partial charge in [-0.05, 0) is 26.0 Å². The van der Waals surface area contributed by atoms with Gasteiger partial charge in [0, 0.05) is 31.6 Å². The van der Waals surface area contributed by atoms with Crippen molar-refractivity contribution in [2.75, 3.05) is 24.6 Å². The van der Waals surface area contributed by atoms with Gasteiger partial charge in [0.15, 0.2) is 0 Å². The fraction of sp³-hybridized carbons (Fsp3) is 0.526. The summed E-state index contributed by atoms with van der Waals surface area (Å²) in [5.74, 6) is -0.159. The molecule has 0 N–H and O–H groups in total. The Morgan fingerprint density at radius 3 is 2.68 bits per heavy atom. The van der Waals surface area contributed by atoms with Crippen LogP contribution in [0.3, 0.4) is 0 Å². The van der Waals surface area contributed by atoms with Gasteiger partial charge in [0.1, 0.15) is 0 Å². The number of carbonyl (C=O) groups excluding carboxylic acids is 2. The monoisotopic (exact) mass is 343 g/mol. The number of amides is 2. The SMILES string of the molecule is C[C@@H]1CO[C@@H](C)CN1C(=O)CCC(=O)N(CCC#N)c1ccccc1. The molecule has 2 atom stereocenters. The van der Waals surface area contributed by atoms with Crippen molar-refractivity contribution in [1.82, 2.24) is 4.90 Å². The van der Waals surface area contributed by atoms with E-state index in [1.807, 2.05) is 44.2 Å². The van der Waals surface area contributed by atoms with Crippen molar-refractivity contribution in [3.05, 3.63) is 30.3 Å². The molecule has 6 nitrogen and oxygen atoms in total. The second-order valence-electron chi connectivity index (χ2n) is 6.33. The molecule has 2 amide bonds. The summed E-state index contributed by atoms with van der Waals surface area (Å²) in [7, 11) is 0. The number of hydrogen-bond donors (Lipinski definition) is 0. The number of hydrogen-bond acceptors (Lipinski definition) is 4. The lowest BCUT2D eigenvalue weighted by Crippen LogP contribution is -2.50. The highest BCUT2D eigenvalue weighted by Crippen LogP contribution is 2.17. The maximum Gasteiger partial charge on any atom is 0.227 e. The highest BCUT2D eigenvalue weighted by molar-refractivity contribution is 5.95. The third-order valence-electron chi connectivity index (χ3n) is 4.30. The Balaban J connectivity index is 1.96. The molecule has 0 aromatic heterocycles. The topological polar surface area (TPSA) is 73.6 Å². The van der Waals surface area contributed by atoms with Crippen molar-refractivity contribution < 1.29 is 14.3 Å². The minimum Gasteiger partial charge on any atom is -0.375 e. The lowest BCUT2D eigenvalue weighted by molar-refractivity contribution is -0.144. The second-order valence-corrected chi connectivity index (χ2v) is 6.33. The summed E-state index contributed by atoms with van der Waals surface area (Å²) >= 11 is 0. The molecule has 134 valence electrons. The van der Waals surface area contributed by atoms with Gasteiger partial charge in [-0.1, -0.05) is 18.2 Å². The highest BCUT2D eigenvalue weighted by atomic mass is 16.5. The normalized spacial score (nSPS) is 20.0. The van der Waals surface area contributed by atoms with Gasteiger partial charge in [0.2, 0.25) is 11.8 Å². The van der Waals surface area contributed by atoms with Crippen molar-refractivity contribution >= 4 is 17.5 Å². The average molecular weight is 343 g/mol. The lowest BCUT2D eigenvalue weighted by Gasteiger charge is -2.37. The summed E-state index contributed by atoms with van der Waals surface area (Å²) in [4.78, 5) is 28.5.